The second-order valence-electron chi connectivity index (χ2n) is 5.06. The van der Waals surface area contributed by atoms with Crippen LogP contribution in [0.5, 0.6) is 0 Å². The lowest BCUT2D eigenvalue weighted by molar-refractivity contribution is 0.555. The zero-order valence-corrected chi connectivity index (χ0v) is 13.5. The quantitative estimate of drug-likeness (QED) is 0.722. The highest BCUT2D eigenvalue weighted by Crippen LogP contribution is 2.24. The lowest BCUT2D eigenvalue weighted by Gasteiger charge is -2.09. The van der Waals surface area contributed by atoms with E-state index in [1.54, 1.807) is 0 Å². The highest BCUT2D eigenvalue weighted by atomic mass is 79.9. The standard InChI is InChI=1S/C16H17BrN4/c1-12-9-20-21(11-12)8-7-18-10-13-4-5-15(17)14-3-2-6-19-16(13)14/h2-6,9,11,18H,7-8,10H2,1H3. The molecule has 21 heavy (non-hydrogen) atoms. The zero-order chi connectivity index (χ0) is 14.7. The summed E-state index contributed by atoms with van der Waals surface area (Å²) >= 11 is 3.57. The van der Waals surface area contributed by atoms with Crippen molar-refractivity contribution in [2.24, 2.45) is 0 Å². The highest BCUT2D eigenvalue weighted by Gasteiger charge is 2.05. The number of aryl methyl sites for hydroxylation is 1. The van der Waals surface area contributed by atoms with Gasteiger partial charge in [0, 0.05) is 35.3 Å². The lowest BCUT2D eigenvalue weighted by Crippen LogP contribution is -2.20. The van der Waals surface area contributed by atoms with Crippen LogP contribution in [0.4, 0.5) is 0 Å². The average Bonchev–Trinajstić information content (AvgIpc) is 2.91. The number of aromatic nitrogens is 3. The van der Waals surface area contributed by atoms with Gasteiger partial charge in [0.05, 0.1) is 18.3 Å². The maximum atomic E-state index is 4.49. The van der Waals surface area contributed by atoms with Crippen LogP contribution in [0.15, 0.2) is 47.3 Å². The number of hydrogen-bond acceptors (Lipinski definition) is 3. The second kappa shape index (κ2) is 6.37. The smallest absolute Gasteiger partial charge is 0.0758 e. The minimum Gasteiger partial charge on any atom is -0.311 e. The number of halogens is 1. The SMILES string of the molecule is Cc1cnn(CCNCc2ccc(Br)c3cccnc23)c1. The molecule has 3 rings (SSSR count). The van der Waals surface area contributed by atoms with Crippen LogP contribution >= 0.6 is 15.9 Å². The third-order valence-electron chi connectivity index (χ3n) is 3.40. The number of fused-ring (bicyclic) bond motifs is 1. The summed E-state index contributed by atoms with van der Waals surface area (Å²) in [6.45, 7) is 4.61. The third kappa shape index (κ3) is 3.31. The van der Waals surface area contributed by atoms with E-state index in [2.05, 4.69) is 62.6 Å². The number of rotatable bonds is 5. The first kappa shape index (κ1) is 14.2. The summed E-state index contributed by atoms with van der Waals surface area (Å²) in [6.07, 6.45) is 5.77. The molecule has 5 heteroatoms. The molecule has 0 spiro atoms. The van der Waals surface area contributed by atoms with E-state index in [4.69, 9.17) is 0 Å². The molecule has 4 nitrogen and oxygen atoms in total. The number of benzene rings is 1. The average molecular weight is 345 g/mol. The molecule has 0 amide bonds. The minimum atomic E-state index is 0.807. The van der Waals surface area contributed by atoms with E-state index in [1.807, 2.05) is 23.1 Å². The van der Waals surface area contributed by atoms with Gasteiger partial charge in [-0.25, -0.2) is 0 Å². The molecule has 0 aliphatic carbocycles. The van der Waals surface area contributed by atoms with Crippen LogP contribution in [-0.4, -0.2) is 21.3 Å². The van der Waals surface area contributed by atoms with E-state index in [0.29, 0.717) is 0 Å². The molecule has 1 aromatic carbocycles. The molecular formula is C16H17BrN4. The monoisotopic (exact) mass is 344 g/mol. The molecule has 2 aromatic heterocycles. The molecule has 0 bridgehead atoms. The van der Waals surface area contributed by atoms with Gasteiger partial charge in [-0.05, 0) is 30.2 Å². The molecule has 0 radical (unpaired) electrons. The molecule has 0 atom stereocenters. The van der Waals surface area contributed by atoms with Crippen molar-refractivity contribution in [3.63, 3.8) is 0 Å². The van der Waals surface area contributed by atoms with E-state index in [1.165, 1.54) is 11.1 Å². The molecule has 0 saturated heterocycles. The van der Waals surface area contributed by atoms with Crippen molar-refractivity contribution in [3.05, 3.63) is 58.5 Å². The Hall–Kier alpha value is -1.72. The van der Waals surface area contributed by atoms with Gasteiger partial charge in [-0.15, -0.1) is 0 Å². The van der Waals surface area contributed by atoms with Gasteiger partial charge < -0.3 is 5.32 Å². The topological polar surface area (TPSA) is 42.7 Å². The molecule has 0 unspecified atom stereocenters. The second-order valence-corrected chi connectivity index (χ2v) is 5.92. The molecule has 2 heterocycles. The number of nitrogens with zero attached hydrogens (tertiary/aromatic N) is 3. The minimum absolute atomic E-state index is 0.807. The van der Waals surface area contributed by atoms with Crippen LogP contribution in [0, 0.1) is 6.92 Å². The van der Waals surface area contributed by atoms with E-state index < -0.39 is 0 Å². The van der Waals surface area contributed by atoms with Crippen molar-refractivity contribution >= 4 is 26.8 Å². The van der Waals surface area contributed by atoms with Gasteiger partial charge in [0.25, 0.3) is 0 Å². The van der Waals surface area contributed by atoms with E-state index in [0.717, 1.165) is 35.0 Å². The molecule has 1 N–H and O–H groups in total. The highest BCUT2D eigenvalue weighted by molar-refractivity contribution is 9.10. The van der Waals surface area contributed by atoms with Crippen molar-refractivity contribution in [1.82, 2.24) is 20.1 Å². The largest absolute Gasteiger partial charge is 0.311 e. The van der Waals surface area contributed by atoms with Gasteiger partial charge in [0.2, 0.25) is 0 Å². The van der Waals surface area contributed by atoms with Crippen LogP contribution in [-0.2, 0) is 13.1 Å². The Bertz CT molecular complexity index is 751. The summed E-state index contributed by atoms with van der Waals surface area (Å²) in [4.78, 5) is 4.49. The Morgan fingerprint density at radius 3 is 3.00 bits per heavy atom. The Kier molecular flexibility index (Phi) is 4.31. The summed E-state index contributed by atoms with van der Waals surface area (Å²) in [5, 5.41) is 8.89. The van der Waals surface area contributed by atoms with E-state index in [-0.39, 0.29) is 0 Å². The number of pyridine rings is 1. The first-order valence-corrected chi connectivity index (χ1v) is 7.75. The van der Waals surface area contributed by atoms with Crippen molar-refractivity contribution < 1.29 is 0 Å². The fourth-order valence-corrected chi connectivity index (χ4v) is 2.80. The van der Waals surface area contributed by atoms with Crippen LogP contribution < -0.4 is 5.32 Å². The molecule has 0 saturated carbocycles. The van der Waals surface area contributed by atoms with Crippen LogP contribution in [0.1, 0.15) is 11.1 Å². The maximum Gasteiger partial charge on any atom is 0.0758 e. The zero-order valence-electron chi connectivity index (χ0n) is 11.9. The molecular weight excluding hydrogens is 328 g/mol. The first-order chi connectivity index (χ1) is 10.2. The molecule has 0 aliphatic heterocycles. The summed E-state index contributed by atoms with van der Waals surface area (Å²) in [7, 11) is 0. The van der Waals surface area contributed by atoms with Gasteiger partial charge in [-0.3, -0.25) is 9.67 Å². The maximum absolute atomic E-state index is 4.49. The molecule has 0 fully saturated rings. The van der Waals surface area contributed by atoms with Crippen molar-refractivity contribution in [3.8, 4) is 0 Å². The third-order valence-corrected chi connectivity index (χ3v) is 4.09. The number of nitrogens with one attached hydrogen (secondary N) is 1. The lowest BCUT2D eigenvalue weighted by atomic mass is 10.1. The van der Waals surface area contributed by atoms with E-state index >= 15 is 0 Å². The Morgan fingerprint density at radius 1 is 1.29 bits per heavy atom. The van der Waals surface area contributed by atoms with Gasteiger partial charge in [-0.2, -0.15) is 5.10 Å². The Morgan fingerprint density at radius 2 is 2.19 bits per heavy atom. The summed E-state index contributed by atoms with van der Waals surface area (Å²) in [5.74, 6) is 0. The Labute approximate surface area is 132 Å². The molecule has 108 valence electrons. The van der Waals surface area contributed by atoms with Gasteiger partial charge in [0.1, 0.15) is 0 Å². The molecule has 0 aliphatic rings. The van der Waals surface area contributed by atoms with Crippen molar-refractivity contribution in [2.45, 2.75) is 20.0 Å². The van der Waals surface area contributed by atoms with Crippen LogP contribution in [0.3, 0.4) is 0 Å². The normalized spacial score (nSPS) is 11.1. The fraction of sp³-hybridized carbons (Fsp3) is 0.250. The van der Waals surface area contributed by atoms with Crippen LogP contribution in [0.25, 0.3) is 10.9 Å². The van der Waals surface area contributed by atoms with Gasteiger partial charge >= 0.3 is 0 Å². The van der Waals surface area contributed by atoms with Crippen molar-refractivity contribution in [1.29, 1.82) is 0 Å². The molecule has 3 aromatic rings. The summed E-state index contributed by atoms with van der Waals surface area (Å²) < 4.78 is 3.04. The van der Waals surface area contributed by atoms with Gasteiger partial charge in [0.15, 0.2) is 0 Å². The fourth-order valence-electron chi connectivity index (χ4n) is 2.34. The van der Waals surface area contributed by atoms with E-state index in [9.17, 15) is 0 Å². The Balaban J connectivity index is 1.64. The van der Waals surface area contributed by atoms with Gasteiger partial charge in [-0.1, -0.05) is 28.1 Å². The summed E-state index contributed by atoms with van der Waals surface area (Å²) in [5.41, 5.74) is 3.46. The number of hydrogen-bond donors (Lipinski definition) is 1. The predicted molar refractivity (Wildman–Crippen MR) is 88.1 cm³/mol. The van der Waals surface area contributed by atoms with Crippen molar-refractivity contribution in [2.75, 3.05) is 6.54 Å². The summed E-state index contributed by atoms with van der Waals surface area (Å²) in [6, 6.07) is 8.25. The predicted octanol–water partition coefficient (Wildman–Crippen LogP) is 3.29. The first-order valence-electron chi connectivity index (χ1n) is 6.96. The van der Waals surface area contributed by atoms with Crippen LogP contribution in [0.2, 0.25) is 0 Å².